The van der Waals surface area contributed by atoms with Crippen LogP contribution in [0.4, 0.5) is 8.78 Å². The molecule has 0 unspecified atom stereocenters. The number of rotatable bonds is 10. The maximum atomic E-state index is 15.4. The molecule has 10 aromatic carbocycles. The summed E-state index contributed by atoms with van der Waals surface area (Å²) in [6.07, 6.45) is 10.8. The van der Waals surface area contributed by atoms with Crippen LogP contribution < -0.4 is 18.3 Å². The Morgan fingerprint density at radius 1 is 0.242 bits per heavy atom. The van der Waals surface area contributed by atoms with Crippen molar-refractivity contribution in [3.05, 3.63) is 306 Å². The van der Waals surface area contributed by atoms with E-state index in [1.807, 2.05) is 46.8 Å². The van der Waals surface area contributed by atoms with Crippen LogP contribution in [0, 0.1) is 109 Å². The molecule has 664 valence electrons. The molecule has 8 heterocycles. The Bertz CT molecular complexity index is 6540. The highest BCUT2D eigenvalue weighted by molar-refractivity contribution is 6.78. The topological polar surface area (TPSA) is 15.5 Å². The number of aromatic nitrogens is 4. The lowest BCUT2D eigenvalue weighted by Crippen LogP contribution is -2.35. The minimum absolute atomic E-state index is 0.0816. The van der Waals surface area contributed by atoms with Crippen molar-refractivity contribution in [3.63, 3.8) is 0 Å². The number of hydrogen-bond acceptors (Lipinski definition) is 0. The molecule has 4 saturated heterocycles. The Kier molecular flexibility index (Phi) is 27.3. The lowest BCUT2D eigenvalue weighted by Gasteiger charge is -2.33. The second-order valence-electron chi connectivity index (χ2n) is 43.2. The van der Waals surface area contributed by atoms with Crippen molar-refractivity contribution in [2.45, 2.75) is 273 Å². The molecule has 4 aliphatic heterocycles. The van der Waals surface area contributed by atoms with E-state index >= 15 is 4.39 Å². The Morgan fingerprint density at radius 2 is 0.562 bits per heavy atom. The molecule has 0 aliphatic carbocycles. The van der Waals surface area contributed by atoms with Gasteiger partial charge in [-0.15, -0.1) is 0 Å². The molecule has 0 saturated carbocycles. The molecule has 0 N–H and O–H groups in total. The summed E-state index contributed by atoms with van der Waals surface area (Å²) in [6.45, 7) is 49.9. The second kappa shape index (κ2) is 37.4. The van der Waals surface area contributed by atoms with Gasteiger partial charge in [0.05, 0.1) is 32.7 Å². The average Bonchev–Trinajstić information content (AvgIpc) is 0.797. The summed E-state index contributed by atoms with van der Waals surface area (Å²) in [5, 5.41) is 10.4. The van der Waals surface area contributed by atoms with E-state index in [-0.39, 0.29) is 11.6 Å². The summed E-state index contributed by atoms with van der Waals surface area (Å²) < 4.78 is 39.0. The fraction of sp³-hybridized carbons (Fsp3) is 0.390. The first-order valence-electron chi connectivity index (χ1n) is 48.3. The van der Waals surface area contributed by atoms with Gasteiger partial charge in [-0.3, -0.25) is 0 Å². The summed E-state index contributed by atoms with van der Waals surface area (Å²) in [5.74, 6) is 2.67. The summed E-state index contributed by atoms with van der Waals surface area (Å²) in [4.78, 5) is 0. The maximum absolute atomic E-state index is 15.4. The number of nitrogens with zero attached hydrogens (tertiary/aromatic N) is 4. The third-order valence-electron chi connectivity index (χ3n) is 31.8. The van der Waals surface area contributed by atoms with Gasteiger partial charge in [-0.1, -0.05) is 228 Å². The summed E-state index contributed by atoms with van der Waals surface area (Å²) in [7, 11) is 4.84. The molecule has 0 spiro atoms. The van der Waals surface area contributed by atoms with Gasteiger partial charge in [-0.05, 0) is 308 Å². The fourth-order valence-electron chi connectivity index (χ4n) is 22.3. The highest BCUT2D eigenvalue weighted by atomic mass is 28.3. The molecule has 4 aliphatic rings. The maximum Gasteiger partial charge on any atom is 0.223 e. The largest absolute Gasteiger partial charge is 0.223 e. The molecule has 14 aromatic rings. The minimum Gasteiger partial charge on any atom is -0.206 e. The Balaban J connectivity index is 0.000000132. The number of fused-ring (bicyclic) bond motifs is 4. The van der Waals surface area contributed by atoms with Gasteiger partial charge in [0.2, 0.25) is 22.8 Å². The van der Waals surface area contributed by atoms with Gasteiger partial charge < -0.3 is 0 Å². The fourth-order valence-corrected chi connectivity index (χ4v) is 32.4. The molecule has 0 atom stereocenters. The first-order valence-corrected chi connectivity index (χ1v) is 61.9. The zero-order valence-electron chi connectivity index (χ0n) is 82.6. The van der Waals surface area contributed by atoms with Gasteiger partial charge in [-0.2, -0.15) is 18.3 Å². The third-order valence-corrected chi connectivity index (χ3v) is 44.9. The molecule has 18 rings (SSSR count). The normalized spacial score (nSPS) is 16.5. The van der Waals surface area contributed by atoms with Crippen molar-refractivity contribution in [1.82, 2.24) is 0 Å². The predicted octanol–water partition coefficient (Wildman–Crippen LogP) is 31.6. The quantitative estimate of drug-likeness (QED) is 0.0958. The van der Waals surface area contributed by atoms with Gasteiger partial charge in [0.1, 0.15) is 39.8 Å². The molecule has 0 amide bonds. The zero-order valence-corrected chi connectivity index (χ0v) is 86.6. The van der Waals surface area contributed by atoms with E-state index in [0.717, 1.165) is 62.0 Å². The first kappa shape index (κ1) is 93.3. The van der Waals surface area contributed by atoms with E-state index in [1.54, 1.807) is 11.1 Å². The van der Waals surface area contributed by atoms with E-state index in [9.17, 15) is 4.39 Å². The van der Waals surface area contributed by atoms with E-state index in [1.165, 1.54) is 238 Å². The SMILES string of the molecule is Cc1cc(-c2c(C)cccc2C)ccc1-c1c2ccc(C3CC[Si](C)(C)CC3)cc2cc(C)[n+]1C.Cc1cc(-c2c3ccc(C4CC[Si](C)(C)CC4)cc3cc(C)[n+]2C)c(C)c(C)c1F.Cc1cc(-c2ccccc2)ccc1-c1c2ccc(C3CC[Si](C)(C)CC3)cc2cc(C)[n+]1C.Cc1cc(C)c(F)c(-c2c3ccc(C4CC[Si](C)(C)CC4)cc3cc(C)[n+]2C)c1C. The van der Waals surface area contributed by atoms with Crippen molar-refractivity contribution in [2.24, 2.45) is 28.2 Å². The highest BCUT2D eigenvalue weighted by Gasteiger charge is 2.36. The van der Waals surface area contributed by atoms with Crippen LogP contribution in [0.5, 0.6) is 0 Å². The molecule has 4 nitrogen and oxygen atoms in total. The molecule has 0 bridgehead atoms. The Labute approximate surface area is 771 Å². The number of halogens is 2. The number of hydrogen-bond donors (Lipinski definition) is 0. The standard InChI is InChI=1S/C33H40NSi.C31H36NSi.2C27H35FNSi/c1-22-9-8-10-23(2)32(22)28-12-13-30(24(3)19-28)33-31-14-11-27(21-29(31)20-25(4)34(33)5)26-15-17-35(6,7)18-16-26;1-22-19-26(24-9-7-6-8-10-24)11-13-29(22)31-30-14-12-27(21-28(30)20-23(2)32(31)3)25-15-17-33(4,5)18-16-25;1-17-14-25(19(3)20(4)26(17)28)27-24-9-8-22(16-23(24)15-18(2)29(27)5)21-10-12-30(6,7)13-11-21;1-17-14-18(2)26(28)25(20(17)4)27-24-9-8-22(16-23(24)15-19(3)29(27)5)21-10-12-30(6,7)13-11-21/h8-14,19-21,26H,15-18H2,1-7H3;6-14,19-21,25H,15-18H2,1-5H3;2*8-9,14-16,21H,10-13H2,1-7H3/q4*+1. The number of benzene rings is 10. The van der Waals surface area contributed by atoms with Gasteiger partial charge in [-0.25, -0.2) is 8.78 Å². The molecular weight excluding hydrogens is 1620 g/mol. The smallest absolute Gasteiger partial charge is 0.206 e. The van der Waals surface area contributed by atoms with Gasteiger partial charge in [0.15, 0.2) is 22.8 Å². The van der Waals surface area contributed by atoms with Crippen LogP contribution in [0.1, 0.15) is 176 Å². The van der Waals surface area contributed by atoms with Crippen LogP contribution in [-0.4, -0.2) is 32.3 Å². The van der Waals surface area contributed by atoms with Crippen molar-refractivity contribution in [2.75, 3.05) is 0 Å². The van der Waals surface area contributed by atoms with E-state index in [0.29, 0.717) is 23.0 Å². The number of pyridine rings is 4. The van der Waals surface area contributed by atoms with Crippen molar-refractivity contribution in [3.8, 4) is 67.3 Å². The summed E-state index contributed by atoms with van der Waals surface area (Å²) in [6, 6.07) is 84.7. The molecule has 128 heavy (non-hydrogen) atoms. The lowest BCUT2D eigenvalue weighted by molar-refractivity contribution is -0.665. The van der Waals surface area contributed by atoms with E-state index in [2.05, 4.69) is 343 Å². The van der Waals surface area contributed by atoms with Crippen LogP contribution in [0.15, 0.2) is 194 Å². The first-order chi connectivity index (χ1) is 60.6. The minimum atomic E-state index is -0.957. The van der Waals surface area contributed by atoms with Crippen molar-refractivity contribution < 1.29 is 27.0 Å². The Hall–Kier alpha value is -9.43. The molecule has 10 heteroatoms. The van der Waals surface area contributed by atoms with Crippen LogP contribution in [0.25, 0.3) is 110 Å². The zero-order chi connectivity index (χ0) is 91.7. The van der Waals surface area contributed by atoms with Gasteiger partial charge in [0, 0.05) is 95.4 Å². The van der Waals surface area contributed by atoms with Crippen LogP contribution in [0.3, 0.4) is 0 Å². The van der Waals surface area contributed by atoms with Gasteiger partial charge >= 0.3 is 0 Å². The van der Waals surface area contributed by atoms with Gasteiger partial charge in [0.25, 0.3) is 0 Å². The highest BCUT2D eigenvalue weighted by Crippen LogP contribution is 2.47. The molecule has 4 fully saturated rings. The Morgan fingerprint density at radius 3 is 0.922 bits per heavy atom. The lowest BCUT2D eigenvalue weighted by atomic mass is 9.89. The van der Waals surface area contributed by atoms with Crippen LogP contribution >= 0.6 is 0 Å². The monoisotopic (exact) mass is 1770 g/mol. The van der Waals surface area contributed by atoms with Crippen LogP contribution in [0.2, 0.25) is 101 Å². The van der Waals surface area contributed by atoms with Crippen LogP contribution in [-0.2, 0) is 28.2 Å². The second-order valence-corrected chi connectivity index (χ2v) is 64.5. The summed E-state index contributed by atoms with van der Waals surface area (Å²) >= 11 is 0. The van der Waals surface area contributed by atoms with E-state index < -0.39 is 32.3 Å². The molecule has 4 aromatic heterocycles. The third kappa shape index (κ3) is 19.5. The van der Waals surface area contributed by atoms with E-state index in [4.69, 9.17) is 0 Å². The predicted molar refractivity (Wildman–Crippen MR) is 556 cm³/mol. The molecular formula is C118H146F2N4Si4+4. The van der Waals surface area contributed by atoms with Crippen molar-refractivity contribution in [1.29, 1.82) is 0 Å². The molecule has 0 radical (unpaired) electrons. The average molecular weight is 1770 g/mol. The summed E-state index contributed by atoms with van der Waals surface area (Å²) in [5.41, 5.74) is 36.4. The number of aryl methyl sites for hydroxylation is 11. The van der Waals surface area contributed by atoms with Crippen molar-refractivity contribution >= 4 is 75.4 Å².